The summed E-state index contributed by atoms with van der Waals surface area (Å²) >= 11 is 2.01. The second kappa shape index (κ2) is 8.69. The first-order valence-electron chi connectivity index (χ1n) is 14.3. The van der Waals surface area contributed by atoms with Crippen LogP contribution in [-0.2, 0) is 4.79 Å². The van der Waals surface area contributed by atoms with Crippen molar-refractivity contribution in [1.29, 1.82) is 0 Å². The molecular formula is C30H40N2O3S. The van der Waals surface area contributed by atoms with Crippen LogP contribution in [0.25, 0.3) is 0 Å². The summed E-state index contributed by atoms with van der Waals surface area (Å²) in [5.41, 5.74) is 2.77. The zero-order valence-electron chi connectivity index (χ0n) is 21.7. The van der Waals surface area contributed by atoms with Crippen molar-refractivity contribution in [2.45, 2.75) is 101 Å². The van der Waals surface area contributed by atoms with Crippen molar-refractivity contribution in [3.05, 3.63) is 48.3 Å². The molecule has 0 unspecified atom stereocenters. The fraction of sp³-hybridized carbons (Fsp3) is 0.700. The Kier molecular flexibility index (Phi) is 5.66. The van der Waals surface area contributed by atoms with Crippen molar-refractivity contribution in [2.75, 3.05) is 12.3 Å². The molecule has 36 heavy (non-hydrogen) atoms. The lowest BCUT2D eigenvalue weighted by molar-refractivity contribution is -0.149. The van der Waals surface area contributed by atoms with Gasteiger partial charge in [0.05, 0.1) is 35.8 Å². The highest BCUT2D eigenvalue weighted by Gasteiger charge is 2.60. The number of hydrogen-bond donors (Lipinski definition) is 0. The van der Waals surface area contributed by atoms with Gasteiger partial charge in [-0.05, 0) is 87.2 Å². The second-order valence-corrected chi connectivity index (χ2v) is 14.2. The van der Waals surface area contributed by atoms with E-state index in [9.17, 15) is 4.79 Å². The third-order valence-corrected chi connectivity index (χ3v) is 12.6. The van der Waals surface area contributed by atoms with Gasteiger partial charge in [-0.2, -0.15) is 0 Å². The molecule has 5 fully saturated rings. The number of hydrogen-bond acceptors (Lipinski definition) is 5. The van der Waals surface area contributed by atoms with Crippen molar-refractivity contribution >= 4 is 17.7 Å². The molecule has 0 aromatic carbocycles. The Morgan fingerprint density at radius 2 is 1.53 bits per heavy atom. The maximum Gasteiger partial charge on any atom is 0.239 e. The van der Waals surface area contributed by atoms with Crippen LogP contribution in [0.15, 0.2) is 46.0 Å². The van der Waals surface area contributed by atoms with Gasteiger partial charge in [-0.15, -0.1) is 11.8 Å². The van der Waals surface area contributed by atoms with E-state index < -0.39 is 0 Å². The average Bonchev–Trinajstić information content (AvgIpc) is 3.65. The Morgan fingerprint density at radius 3 is 2.25 bits per heavy atom. The zero-order valence-corrected chi connectivity index (χ0v) is 22.6. The van der Waals surface area contributed by atoms with Crippen LogP contribution in [0.3, 0.4) is 0 Å². The van der Waals surface area contributed by atoms with E-state index in [1.807, 2.05) is 30.6 Å². The van der Waals surface area contributed by atoms with Crippen molar-refractivity contribution in [1.82, 2.24) is 9.80 Å². The van der Waals surface area contributed by atoms with E-state index in [-0.39, 0.29) is 16.2 Å². The molecule has 5 aliphatic heterocycles. The van der Waals surface area contributed by atoms with Crippen LogP contribution in [0.4, 0.5) is 0 Å². The van der Waals surface area contributed by atoms with E-state index >= 15 is 0 Å². The Bertz CT molecular complexity index is 1090. The first-order chi connectivity index (χ1) is 17.5. The summed E-state index contributed by atoms with van der Waals surface area (Å²) in [7, 11) is 0. The highest BCUT2D eigenvalue weighted by molar-refractivity contribution is 8.01. The number of furan rings is 2. The summed E-state index contributed by atoms with van der Waals surface area (Å²) in [5, 5.41) is 0. The molecule has 2 spiro atoms. The topological polar surface area (TPSA) is 49.8 Å². The fourth-order valence-electron chi connectivity index (χ4n) is 8.81. The van der Waals surface area contributed by atoms with Gasteiger partial charge in [-0.25, -0.2) is 0 Å². The number of thioether (sulfide) groups is 1. The smallest absolute Gasteiger partial charge is 0.239 e. The van der Waals surface area contributed by atoms with Crippen LogP contribution in [0.2, 0.25) is 0 Å². The van der Waals surface area contributed by atoms with Crippen LogP contribution in [0.5, 0.6) is 0 Å². The van der Waals surface area contributed by atoms with Gasteiger partial charge in [0.2, 0.25) is 5.91 Å². The number of fused-ring (bicyclic) bond motifs is 2. The molecule has 6 heteroatoms. The maximum absolute atomic E-state index is 14.5. The quantitative estimate of drug-likeness (QED) is 0.445. The zero-order chi connectivity index (χ0) is 24.5. The Balaban J connectivity index is 1.16. The summed E-state index contributed by atoms with van der Waals surface area (Å²) in [6.07, 6.45) is 17.9. The molecular weight excluding hydrogens is 468 g/mol. The molecule has 5 aliphatic rings. The molecule has 2 aromatic rings. The molecule has 2 aromatic heterocycles. The van der Waals surface area contributed by atoms with Crippen LogP contribution in [-0.4, -0.2) is 44.8 Å². The number of carbonyl (C=O) groups is 1. The molecule has 194 valence electrons. The number of nitrogens with zero attached hydrogens (tertiary/aromatic N) is 2. The highest BCUT2D eigenvalue weighted by Crippen LogP contribution is 2.60. The average molecular weight is 509 g/mol. The minimum Gasteiger partial charge on any atom is -0.472 e. The molecule has 0 radical (unpaired) electrons. The van der Waals surface area contributed by atoms with E-state index in [0.29, 0.717) is 30.0 Å². The predicted octanol–water partition coefficient (Wildman–Crippen LogP) is 6.83. The van der Waals surface area contributed by atoms with Crippen molar-refractivity contribution in [2.24, 2.45) is 17.3 Å². The van der Waals surface area contributed by atoms with Gasteiger partial charge in [0, 0.05) is 41.6 Å². The van der Waals surface area contributed by atoms with Gasteiger partial charge in [-0.1, -0.05) is 13.8 Å². The molecule has 8 atom stereocenters. The van der Waals surface area contributed by atoms with Gasteiger partial charge < -0.3 is 13.7 Å². The largest absolute Gasteiger partial charge is 0.472 e. The van der Waals surface area contributed by atoms with Crippen molar-refractivity contribution in [3.8, 4) is 0 Å². The van der Waals surface area contributed by atoms with E-state index in [0.717, 1.165) is 43.9 Å². The van der Waals surface area contributed by atoms with Gasteiger partial charge in [0.15, 0.2) is 0 Å². The molecule has 7 heterocycles. The van der Waals surface area contributed by atoms with E-state index in [1.54, 1.807) is 6.26 Å². The molecule has 5 nitrogen and oxygen atoms in total. The van der Waals surface area contributed by atoms with Crippen LogP contribution < -0.4 is 0 Å². The van der Waals surface area contributed by atoms with Gasteiger partial charge in [-0.3, -0.25) is 9.69 Å². The van der Waals surface area contributed by atoms with Crippen molar-refractivity contribution in [3.63, 3.8) is 0 Å². The van der Waals surface area contributed by atoms with E-state index in [1.165, 1.54) is 43.2 Å². The molecule has 0 saturated carbocycles. The number of piperidine rings is 4. The van der Waals surface area contributed by atoms with Crippen LogP contribution >= 0.6 is 11.8 Å². The molecule has 0 bridgehead atoms. The van der Waals surface area contributed by atoms with Crippen molar-refractivity contribution < 1.29 is 13.6 Å². The molecule has 1 amide bonds. The van der Waals surface area contributed by atoms with Gasteiger partial charge >= 0.3 is 0 Å². The third-order valence-electron chi connectivity index (χ3n) is 10.8. The third kappa shape index (κ3) is 3.57. The maximum atomic E-state index is 14.5. The Labute approximate surface area is 219 Å². The Hall–Kier alpha value is -1.66. The SMILES string of the molecule is C[C@@H]1CC[C@@H](c2ccoc2)N2C[C@@]3(CC[C@@H]12)CS[C@]1(CC[C@H]2[C@H](C)CC[C@@H](c4ccoc4)N2C1=O)C3. The number of rotatable bonds is 2. The minimum absolute atomic E-state index is 0.177. The number of carbonyl (C=O) groups excluding carboxylic acids is 1. The van der Waals surface area contributed by atoms with E-state index in [4.69, 9.17) is 8.83 Å². The summed E-state index contributed by atoms with van der Waals surface area (Å²) in [4.78, 5) is 19.7. The summed E-state index contributed by atoms with van der Waals surface area (Å²) in [5.74, 6) is 2.88. The summed E-state index contributed by atoms with van der Waals surface area (Å²) in [6.45, 7) is 5.93. The molecule has 5 saturated heterocycles. The lowest BCUT2D eigenvalue weighted by atomic mass is 9.67. The van der Waals surface area contributed by atoms with E-state index in [2.05, 4.69) is 35.8 Å². The summed E-state index contributed by atoms with van der Waals surface area (Å²) in [6, 6.07) is 5.91. The highest BCUT2D eigenvalue weighted by atomic mass is 32.2. The normalized spacial score (nSPS) is 43.2. The Morgan fingerprint density at radius 1 is 0.861 bits per heavy atom. The number of amides is 1. The second-order valence-electron chi connectivity index (χ2n) is 12.8. The predicted molar refractivity (Wildman–Crippen MR) is 142 cm³/mol. The first kappa shape index (κ1) is 23.5. The van der Waals surface area contributed by atoms with Gasteiger partial charge in [0.25, 0.3) is 0 Å². The lowest BCUT2D eigenvalue weighted by Gasteiger charge is -2.55. The molecule has 0 N–H and O–H groups in total. The van der Waals surface area contributed by atoms with Crippen LogP contribution in [0, 0.1) is 17.3 Å². The lowest BCUT2D eigenvalue weighted by Crippen LogP contribution is -2.60. The summed E-state index contributed by atoms with van der Waals surface area (Å²) < 4.78 is 10.7. The standard InChI is InChI=1S/C30H40N2O3S/c1-20-3-5-26(22-9-13-34-15-22)31-18-29(11-7-24(20)31)17-30(36-19-29)12-8-25-21(2)4-6-27(32(25)28(30)33)23-10-14-35-16-23/h9-10,13-16,20-21,24-27H,3-8,11-12,17-19H2,1-2H3/t20-,21-,24+,25+,26+,27+,29+,30-/m1/s1. The van der Waals surface area contributed by atoms with Gasteiger partial charge in [0.1, 0.15) is 0 Å². The fourth-order valence-corrected chi connectivity index (χ4v) is 10.6. The molecule has 7 rings (SSSR count). The first-order valence-corrected chi connectivity index (χ1v) is 15.2. The molecule has 0 aliphatic carbocycles. The monoisotopic (exact) mass is 508 g/mol. The van der Waals surface area contributed by atoms with Crippen LogP contribution in [0.1, 0.15) is 94.8 Å². The minimum atomic E-state index is -0.241.